The van der Waals surface area contributed by atoms with E-state index in [9.17, 15) is 19.2 Å². The van der Waals surface area contributed by atoms with E-state index in [0.29, 0.717) is 12.0 Å². The smallest absolute Gasteiger partial charge is 0.462 e. The Hall–Kier alpha value is -3.34. The molecule has 0 spiro atoms. The minimum absolute atomic E-state index is 0.0232. The molecule has 1 unspecified atom stereocenters. The summed E-state index contributed by atoms with van der Waals surface area (Å²) in [5.41, 5.74) is 6.42. The molecule has 0 amide bonds. The normalized spacial score (nSPS) is 13.2. The molecule has 0 fully saturated rings. The van der Waals surface area contributed by atoms with Gasteiger partial charge in [-0.3, -0.25) is 9.59 Å². The maximum Gasteiger partial charge on any atom is 0.513 e. The standard InChI is InChI=1S/C22H31NO10/c1-6-13(2)9-19(24)30-12-14(3)31-20(25)16(23)10-15-7-8-17(32-21(26)28-4)18(11-15)33-22(27)29-5/h7-8,11,13-14,16H,6,9-10,12,23H2,1-5H3/t13?,14-,16-/m0/s1. The molecule has 0 aliphatic rings. The Kier molecular flexibility index (Phi) is 11.7. The largest absolute Gasteiger partial charge is 0.513 e. The monoisotopic (exact) mass is 469 g/mol. The van der Waals surface area contributed by atoms with E-state index >= 15 is 0 Å². The van der Waals surface area contributed by atoms with Crippen LogP contribution in [0.3, 0.4) is 0 Å². The summed E-state index contributed by atoms with van der Waals surface area (Å²) in [6, 6.07) is 3.18. The minimum Gasteiger partial charge on any atom is -0.462 e. The zero-order chi connectivity index (χ0) is 25.0. The van der Waals surface area contributed by atoms with Gasteiger partial charge in [0.1, 0.15) is 18.8 Å². The topological polar surface area (TPSA) is 150 Å². The lowest BCUT2D eigenvalue weighted by atomic mass is 10.1. The summed E-state index contributed by atoms with van der Waals surface area (Å²) in [7, 11) is 2.23. The first-order valence-electron chi connectivity index (χ1n) is 10.4. The van der Waals surface area contributed by atoms with Crippen molar-refractivity contribution in [2.75, 3.05) is 20.8 Å². The molecule has 0 aliphatic carbocycles. The van der Waals surface area contributed by atoms with Gasteiger partial charge in [-0.15, -0.1) is 0 Å². The van der Waals surface area contributed by atoms with E-state index in [1.54, 1.807) is 6.92 Å². The van der Waals surface area contributed by atoms with Gasteiger partial charge in [-0.2, -0.15) is 0 Å². The SMILES string of the molecule is CCC(C)CC(=O)OC[C@H](C)OC(=O)[C@@H](N)Cc1ccc(OC(=O)OC)c(OC(=O)OC)c1. The Balaban J connectivity index is 2.72. The molecule has 2 N–H and O–H groups in total. The van der Waals surface area contributed by atoms with Gasteiger partial charge in [0.2, 0.25) is 0 Å². The van der Waals surface area contributed by atoms with Crippen molar-refractivity contribution in [3.8, 4) is 11.5 Å². The lowest BCUT2D eigenvalue weighted by Gasteiger charge is -2.18. The Bertz CT molecular complexity index is 825. The number of nitrogens with two attached hydrogens (primary N) is 1. The molecule has 1 aromatic rings. The molecule has 0 radical (unpaired) electrons. The fourth-order valence-corrected chi connectivity index (χ4v) is 2.46. The number of hydrogen-bond donors (Lipinski definition) is 1. The van der Waals surface area contributed by atoms with Crippen LogP contribution in [-0.2, 0) is 35.0 Å². The highest BCUT2D eigenvalue weighted by Gasteiger charge is 2.22. The van der Waals surface area contributed by atoms with Crippen molar-refractivity contribution in [3.05, 3.63) is 23.8 Å². The van der Waals surface area contributed by atoms with Crippen molar-refractivity contribution in [2.24, 2.45) is 11.7 Å². The first-order chi connectivity index (χ1) is 15.6. The molecule has 33 heavy (non-hydrogen) atoms. The van der Waals surface area contributed by atoms with Gasteiger partial charge >= 0.3 is 24.2 Å². The molecule has 0 aromatic heterocycles. The Morgan fingerprint density at radius 1 is 0.970 bits per heavy atom. The Morgan fingerprint density at radius 2 is 1.58 bits per heavy atom. The number of ether oxygens (including phenoxy) is 6. The van der Waals surface area contributed by atoms with Gasteiger partial charge in [0.25, 0.3) is 0 Å². The maximum atomic E-state index is 12.3. The van der Waals surface area contributed by atoms with Crippen LogP contribution in [0.2, 0.25) is 0 Å². The van der Waals surface area contributed by atoms with Crippen LogP contribution in [0.1, 0.15) is 39.2 Å². The molecule has 11 nitrogen and oxygen atoms in total. The minimum atomic E-state index is -1.05. The molecule has 184 valence electrons. The Morgan fingerprint density at radius 3 is 2.15 bits per heavy atom. The summed E-state index contributed by atoms with van der Waals surface area (Å²) in [6.45, 7) is 5.43. The van der Waals surface area contributed by atoms with Crippen molar-refractivity contribution < 1.29 is 47.6 Å². The van der Waals surface area contributed by atoms with Crippen LogP contribution in [0.5, 0.6) is 11.5 Å². The summed E-state index contributed by atoms with van der Waals surface area (Å²) < 4.78 is 29.1. The van der Waals surface area contributed by atoms with Crippen molar-refractivity contribution in [1.29, 1.82) is 0 Å². The average molecular weight is 469 g/mol. The van der Waals surface area contributed by atoms with Gasteiger partial charge in [-0.25, -0.2) is 9.59 Å². The number of carbonyl (C=O) groups excluding carboxylic acids is 4. The van der Waals surface area contributed by atoms with E-state index in [4.69, 9.17) is 24.7 Å². The highest BCUT2D eigenvalue weighted by Crippen LogP contribution is 2.29. The van der Waals surface area contributed by atoms with Crippen molar-refractivity contribution >= 4 is 24.2 Å². The summed E-state index contributed by atoms with van der Waals surface area (Å²) >= 11 is 0. The van der Waals surface area contributed by atoms with E-state index in [0.717, 1.165) is 20.6 Å². The fraction of sp³-hybridized carbons (Fsp3) is 0.545. The molecular formula is C22H31NO10. The number of esters is 2. The Labute approximate surface area is 192 Å². The molecule has 0 saturated heterocycles. The second kappa shape index (κ2) is 13.9. The van der Waals surface area contributed by atoms with Crippen molar-refractivity contribution in [1.82, 2.24) is 0 Å². The number of benzene rings is 1. The first kappa shape index (κ1) is 27.7. The van der Waals surface area contributed by atoms with Crippen LogP contribution < -0.4 is 15.2 Å². The highest BCUT2D eigenvalue weighted by atomic mass is 16.7. The first-order valence-corrected chi connectivity index (χ1v) is 10.4. The maximum absolute atomic E-state index is 12.3. The second-order valence-electron chi connectivity index (χ2n) is 7.35. The highest BCUT2D eigenvalue weighted by molar-refractivity contribution is 5.76. The zero-order valence-corrected chi connectivity index (χ0v) is 19.5. The molecule has 1 aromatic carbocycles. The molecule has 11 heteroatoms. The third-order valence-corrected chi connectivity index (χ3v) is 4.49. The van der Waals surface area contributed by atoms with Gasteiger partial charge in [-0.05, 0) is 37.0 Å². The van der Waals surface area contributed by atoms with Gasteiger partial charge < -0.3 is 34.2 Å². The third kappa shape index (κ3) is 10.2. The number of rotatable bonds is 11. The lowest BCUT2D eigenvalue weighted by molar-refractivity contribution is -0.159. The molecule has 0 bridgehead atoms. The summed E-state index contributed by atoms with van der Waals surface area (Å²) in [5.74, 6) is -1.08. The van der Waals surface area contributed by atoms with E-state index in [1.165, 1.54) is 18.2 Å². The van der Waals surface area contributed by atoms with Crippen LogP contribution in [0, 0.1) is 5.92 Å². The summed E-state index contributed by atoms with van der Waals surface area (Å²) in [5, 5.41) is 0. The summed E-state index contributed by atoms with van der Waals surface area (Å²) in [4.78, 5) is 46.9. The lowest BCUT2D eigenvalue weighted by Crippen LogP contribution is -2.37. The van der Waals surface area contributed by atoms with Gasteiger partial charge in [0.15, 0.2) is 11.5 Å². The third-order valence-electron chi connectivity index (χ3n) is 4.49. The zero-order valence-electron chi connectivity index (χ0n) is 19.5. The predicted molar refractivity (Wildman–Crippen MR) is 115 cm³/mol. The van der Waals surface area contributed by atoms with E-state index in [2.05, 4.69) is 9.47 Å². The number of hydrogen-bond acceptors (Lipinski definition) is 11. The van der Waals surface area contributed by atoms with Crippen LogP contribution in [-0.4, -0.2) is 57.2 Å². The van der Waals surface area contributed by atoms with E-state index < -0.39 is 30.4 Å². The van der Waals surface area contributed by atoms with Crippen LogP contribution in [0.15, 0.2) is 18.2 Å². The molecule has 0 aliphatic heterocycles. The number of methoxy groups -OCH3 is 2. The van der Waals surface area contributed by atoms with Gasteiger partial charge in [-0.1, -0.05) is 26.3 Å². The molecule has 1 rings (SSSR count). The fourth-order valence-electron chi connectivity index (χ4n) is 2.46. The van der Waals surface area contributed by atoms with Crippen LogP contribution in [0.25, 0.3) is 0 Å². The van der Waals surface area contributed by atoms with Crippen molar-refractivity contribution in [2.45, 2.75) is 52.2 Å². The molecule has 0 saturated carbocycles. The van der Waals surface area contributed by atoms with Crippen LogP contribution >= 0.6 is 0 Å². The molecular weight excluding hydrogens is 438 g/mol. The van der Waals surface area contributed by atoms with Crippen LogP contribution in [0.4, 0.5) is 9.59 Å². The number of carbonyl (C=O) groups is 4. The summed E-state index contributed by atoms with van der Waals surface area (Å²) in [6.07, 6.45) is -1.56. The van der Waals surface area contributed by atoms with Gasteiger partial charge in [0, 0.05) is 6.42 Å². The molecule has 0 heterocycles. The molecule has 3 atom stereocenters. The predicted octanol–water partition coefficient (Wildman–Crippen LogP) is 2.76. The van der Waals surface area contributed by atoms with Crippen molar-refractivity contribution in [3.63, 3.8) is 0 Å². The quantitative estimate of drug-likeness (QED) is 0.289. The van der Waals surface area contributed by atoms with E-state index in [1.807, 2.05) is 13.8 Å². The van der Waals surface area contributed by atoms with E-state index in [-0.39, 0.29) is 36.4 Å². The second-order valence-corrected chi connectivity index (χ2v) is 7.35. The average Bonchev–Trinajstić information content (AvgIpc) is 2.78. The van der Waals surface area contributed by atoms with Gasteiger partial charge in [0.05, 0.1) is 14.2 Å².